The van der Waals surface area contributed by atoms with Gasteiger partial charge in [-0.1, -0.05) is 11.6 Å². The third-order valence-electron chi connectivity index (χ3n) is 2.11. The Morgan fingerprint density at radius 2 is 2.06 bits per heavy atom. The highest BCUT2D eigenvalue weighted by molar-refractivity contribution is 5.86. The van der Waals surface area contributed by atoms with Crippen molar-refractivity contribution in [2.45, 2.75) is 13.8 Å². The number of carbonyl (C=O) groups is 1. The smallest absolute Gasteiger partial charge is 0.339 e. The van der Waals surface area contributed by atoms with Gasteiger partial charge < -0.3 is 9.15 Å². The zero-order valence-corrected chi connectivity index (χ0v) is 8.94. The maximum absolute atomic E-state index is 11.2. The highest BCUT2D eigenvalue weighted by Gasteiger charge is 2.08. The zero-order valence-electron chi connectivity index (χ0n) is 8.94. The van der Waals surface area contributed by atoms with Crippen molar-refractivity contribution in [3.8, 4) is 5.75 Å². The number of ether oxygens (including phenoxy) is 1. The number of fused-ring (bicyclic) bond motifs is 1. The standard InChI is InChI=1S/C12H10O4/c1-7-3-4-10-9(5-7)11(15-8(2)13)6-12(14)16-10/h3-6H,1-2H3. The molecule has 0 bridgehead atoms. The molecule has 0 atom stereocenters. The SMILES string of the molecule is CC(=O)Oc1cc(=O)oc2ccc(C)cc12. The highest BCUT2D eigenvalue weighted by atomic mass is 16.5. The monoisotopic (exact) mass is 218 g/mol. The molecule has 1 aromatic heterocycles. The maximum atomic E-state index is 11.2. The van der Waals surface area contributed by atoms with Gasteiger partial charge in [-0.2, -0.15) is 0 Å². The Hall–Kier alpha value is -2.10. The fourth-order valence-electron chi connectivity index (χ4n) is 1.49. The molecule has 0 amide bonds. The van der Waals surface area contributed by atoms with Crippen LogP contribution in [0.15, 0.2) is 33.5 Å². The Morgan fingerprint density at radius 3 is 2.75 bits per heavy atom. The van der Waals surface area contributed by atoms with E-state index >= 15 is 0 Å². The molecule has 0 aliphatic heterocycles. The normalized spacial score (nSPS) is 10.4. The van der Waals surface area contributed by atoms with Crippen LogP contribution in [0.5, 0.6) is 5.75 Å². The van der Waals surface area contributed by atoms with Gasteiger partial charge in [0.15, 0.2) is 0 Å². The van der Waals surface area contributed by atoms with Gasteiger partial charge in [0.05, 0.1) is 11.5 Å². The molecule has 0 radical (unpaired) electrons. The molecule has 82 valence electrons. The molecule has 4 heteroatoms. The molecule has 16 heavy (non-hydrogen) atoms. The first kappa shape index (κ1) is 10.4. The van der Waals surface area contributed by atoms with Crippen LogP contribution in [0.1, 0.15) is 12.5 Å². The Labute approximate surface area is 91.4 Å². The minimum absolute atomic E-state index is 0.238. The third kappa shape index (κ3) is 1.95. The lowest BCUT2D eigenvalue weighted by atomic mass is 10.1. The number of benzene rings is 1. The van der Waals surface area contributed by atoms with E-state index in [1.165, 1.54) is 13.0 Å². The minimum atomic E-state index is -0.535. The summed E-state index contributed by atoms with van der Waals surface area (Å²) < 4.78 is 9.96. The van der Waals surface area contributed by atoms with Crippen molar-refractivity contribution in [3.63, 3.8) is 0 Å². The second-order valence-electron chi connectivity index (χ2n) is 3.52. The topological polar surface area (TPSA) is 56.5 Å². The summed E-state index contributed by atoms with van der Waals surface area (Å²) in [6.07, 6.45) is 0. The predicted octanol–water partition coefficient (Wildman–Crippen LogP) is 2.03. The van der Waals surface area contributed by atoms with Gasteiger partial charge in [0.25, 0.3) is 0 Å². The summed E-state index contributed by atoms with van der Waals surface area (Å²) in [6.45, 7) is 3.19. The summed E-state index contributed by atoms with van der Waals surface area (Å²) in [7, 11) is 0. The molecule has 0 fully saturated rings. The molecule has 1 heterocycles. The summed E-state index contributed by atoms with van der Waals surface area (Å²) in [6, 6.07) is 6.47. The number of aryl methyl sites for hydroxylation is 1. The van der Waals surface area contributed by atoms with E-state index in [9.17, 15) is 9.59 Å². The van der Waals surface area contributed by atoms with Crippen molar-refractivity contribution in [1.82, 2.24) is 0 Å². The van der Waals surface area contributed by atoms with Crippen molar-refractivity contribution in [2.24, 2.45) is 0 Å². The van der Waals surface area contributed by atoms with Gasteiger partial charge in [-0.3, -0.25) is 4.79 Å². The van der Waals surface area contributed by atoms with Crippen molar-refractivity contribution in [1.29, 1.82) is 0 Å². The molecule has 0 spiro atoms. The van der Waals surface area contributed by atoms with Crippen molar-refractivity contribution in [3.05, 3.63) is 40.2 Å². The molecular formula is C12H10O4. The first-order chi connectivity index (χ1) is 7.56. The summed E-state index contributed by atoms with van der Waals surface area (Å²) in [5.74, 6) is -0.226. The summed E-state index contributed by atoms with van der Waals surface area (Å²) in [4.78, 5) is 22.1. The molecule has 0 saturated heterocycles. The lowest BCUT2D eigenvalue weighted by Crippen LogP contribution is -2.06. The molecule has 0 saturated carbocycles. The first-order valence-electron chi connectivity index (χ1n) is 4.79. The second-order valence-corrected chi connectivity index (χ2v) is 3.52. The van der Waals surface area contributed by atoms with Crippen molar-refractivity contribution < 1.29 is 13.9 Å². The fraction of sp³-hybridized carbons (Fsp3) is 0.167. The molecule has 0 aliphatic carbocycles. The van der Waals surface area contributed by atoms with Gasteiger partial charge in [-0.05, 0) is 19.1 Å². The lowest BCUT2D eigenvalue weighted by Gasteiger charge is -2.04. The third-order valence-corrected chi connectivity index (χ3v) is 2.11. The number of rotatable bonds is 1. The highest BCUT2D eigenvalue weighted by Crippen LogP contribution is 2.24. The first-order valence-corrected chi connectivity index (χ1v) is 4.79. The van der Waals surface area contributed by atoms with E-state index < -0.39 is 11.6 Å². The molecule has 0 N–H and O–H groups in total. The summed E-state index contributed by atoms with van der Waals surface area (Å²) >= 11 is 0. The van der Waals surface area contributed by atoms with E-state index in [0.29, 0.717) is 11.0 Å². The number of carbonyl (C=O) groups excluding carboxylic acids is 1. The summed E-state index contributed by atoms with van der Waals surface area (Å²) in [5.41, 5.74) is 0.872. The molecule has 2 rings (SSSR count). The second kappa shape index (κ2) is 3.81. The van der Waals surface area contributed by atoms with Crippen molar-refractivity contribution >= 4 is 16.9 Å². The van der Waals surface area contributed by atoms with E-state index in [1.807, 2.05) is 13.0 Å². The van der Waals surface area contributed by atoms with Gasteiger partial charge in [0, 0.05) is 6.92 Å². The molecular weight excluding hydrogens is 208 g/mol. The minimum Gasteiger partial charge on any atom is -0.426 e. The van der Waals surface area contributed by atoms with Gasteiger partial charge >= 0.3 is 11.6 Å². The van der Waals surface area contributed by atoms with Crippen LogP contribution in [0.4, 0.5) is 0 Å². The largest absolute Gasteiger partial charge is 0.426 e. The van der Waals surface area contributed by atoms with Crippen LogP contribution in [0.3, 0.4) is 0 Å². The Morgan fingerprint density at radius 1 is 1.31 bits per heavy atom. The maximum Gasteiger partial charge on any atom is 0.339 e. The van der Waals surface area contributed by atoms with E-state index in [1.54, 1.807) is 12.1 Å². The Balaban J connectivity index is 2.74. The summed E-state index contributed by atoms with van der Waals surface area (Å²) in [5, 5.41) is 0.620. The fourth-order valence-corrected chi connectivity index (χ4v) is 1.49. The van der Waals surface area contributed by atoms with E-state index in [4.69, 9.17) is 9.15 Å². The van der Waals surface area contributed by atoms with Crippen LogP contribution in [-0.2, 0) is 4.79 Å². The number of esters is 1. The van der Waals surface area contributed by atoms with Crippen LogP contribution in [0.2, 0.25) is 0 Å². The van der Waals surface area contributed by atoms with Crippen LogP contribution in [0, 0.1) is 6.92 Å². The molecule has 2 aromatic rings. The van der Waals surface area contributed by atoms with Gasteiger partial charge in [0.1, 0.15) is 11.3 Å². The number of hydrogen-bond donors (Lipinski definition) is 0. The van der Waals surface area contributed by atoms with Gasteiger partial charge in [-0.25, -0.2) is 4.79 Å². The molecule has 4 nitrogen and oxygen atoms in total. The van der Waals surface area contributed by atoms with E-state index in [-0.39, 0.29) is 5.75 Å². The lowest BCUT2D eigenvalue weighted by molar-refractivity contribution is -0.131. The van der Waals surface area contributed by atoms with Gasteiger partial charge in [-0.15, -0.1) is 0 Å². The van der Waals surface area contributed by atoms with Crippen LogP contribution < -0.4 is 10.4 Å². The van der Waals surface area contributed by atoms with Crippen LogP contribution in [0.25, 0.3) is 11.0 Å². The van der Waals surface area contributed by atoms with Crippen LogP contribution in [-0.4, -0.2) is 5.97 Å². The predicted molar refractivity (Wildman–Crippen MR) is 58.5 cm³/mol. The zero-order chi connectivity index (χ0) is 11.7. The van der Waals surface area contributed by atoms with Crippen molar-refractivity contribution in [2.75, 3.05) is 0 Å². The average molecular weight is 218 g/mol. The van der Waals surface area contributed by atoms with E-state index in [2.05, 4.69) is 0 Å². The quantitative estimate of drug-likeness (QED) is 0.542. The van der Waals surface area contributed by atoms with E-state index in [0.717, 1.165) is 5.56 Å². The average Bonchev–Trinajstić information content (AvgIpc) is 2.18. The Bertz CT molecular complexity index is 610. The molecule has 1 aromatic carbocycles. The van der Waals surface area contributed by atoms with Crippen LogP contribution >= 0.6 is 0 Å². The molecule has 0 unspecified atom stereocenters. The number of hydrogen-bond acceptors (Lipinski definition) is 4. The molecule has 0 aliphatic rings. The Kier molecular flexibility index (Phi) is 2.48. The van der Waals surface area contributed by atoms with Gasteiger partial charge in [0.2, 0.25) is 0 Å².